The van der Waals surface area contributed by atoms with Crippen molar-refractivity contribution in [2.24, 2.45) is 17.6 Å². The molecule has 1 atom stereocenters. The minimum atomic E-state index is 0.314. The third-order valence-electron chi connectivity index (χ3n) is 3.05. The second kappa shape index (κ2) is 8.02. The molecule has 0 fully saturated rings. The van der Waals surface area contributed by atoms with E-state index in [2.05, 4.69) is 39.5 Å². The van der Waals surface area contributed by atoms with Crippen LogP contribution >= 0.6 is 12.2 Å². The van der Waals surface area contributed by atoms with Gasteiger partial charge in [-0.25, -0.2) is 0 Å². The summed E-state index contributed by atoms with van der Waals surface area (Å²) < 4.78 is 0. The first-order valence-electron chi connectivity index (χ1n) is 6.45. The molecule has 2 nitrogen and oxygen atoms in total. The molecule has 0 aliphatic carbocycles. The van der Waals surface area contributed by atoms with Crippen LogP contribution in [0.3, 0.4) is 0 Å². The third-order valence-corrected chi connectivity index (χ3v) is 3.45. The SMILES string of the molecule is CCC(CC)N(CC(C)C)CC(C)C(N)=S. The Morgan fingerprint density at radius 1 is 1.12 bits per heavy atom. The summed E-state index contributed by atoms with van der Waals surface area (Å²) in [5, 5.41) is 0. The molecular formula is C13H28N2S. The molecule has 0 aromatic heterocycles. The monoisotopic (exact) mass is 244 g/mol. The van der Waals surface area contributed by atoms with E-state index in [1.54, 1.807) is 0 Å². The van der Waals surface area contributed by atoms with E-state index in [0.717, 1.165) is 13.1 Å². The Balaban J connectivity index is 4.46. The zero-order valence-corrected chi connectivity index (χ0v) is 12.3. The summed E-state index contributed by atoms with van der Waals surface area (Å²) in [4.78, 5) is 3.19. The van der Waals surface area contributed by atoms with Gasteiger partial charge in [-0.05, 0) is 18.8 Å². The Labute approximate surface area is 107 Å². The first kappa shape index (κ1) is 15.9. The van der Waals surface area contributed by atoms with Gasteiger partial charge in [-0.3, -0.25) is 4.90 Å². The Bertz CT molecular complexity index is 200. The zero-order valence-electron chi connectivity index (χ0n) is 11.5. The maximum Gasteiger partial charge on any atom is 0.0768 e. The van der Waals surface area contributed by atoms with E-state index in [1.165, 1.54) is 12.8 Å². The lowest BCUT2D eigenvalue weighted by Crippen LogP contribution is -2.42. The first-order chi connectivity index (χ1) is 7.42. The van der Waals surface area contributed by atoms with Gasteiger partial charge in [-0.1, -0.05) is 46.8 Å². The van der Waals surface area contributed by atoms with Crippen molar-refractivity contribution >= 4 is 17.2 Å². The highest BCUT2D eigenvalue weighted by Gasteiger charge is 2.19. The number of nitrogens with two attached hydrogens (primary N) is 1. The molecular weight excluding hydrogens is 216 g/mol. The highest BCUT2D eigenvalue weighted by atomic mass is 32.1. The molecule has 96 valence electrons. The molecule has 2 N–H and O–H groups in total. The van der Waals surface area contributed by atoms with E-state index in [-0.39, 0.29) is 0 Å². The predicted molar refractivity (Wildman–Crippen MR) is 76.7 cm³/mol. The molecule has 0 radical (unpaired) electrons. The van der Waals surface area contributed by atoms with Gasteiger partial charge in [0.25, 0.3) is 0 Å². The normalized spacial score (nSPS) is 13.8. The molecule has 3 heteroatoms. The van der Waals surface area contributed by atoms with Crippen LogP contribution in [0.5, 0.6) is 0 Å². The van der Waals surface area contributed by atoms with Crippen LogP contribution in [0.25, 0.3) is 0 Å². The van der Waals surface area contributed by atoms with Gasteiger partial charge in [0.15, 0.2) is 0 Å². The van der Waals surface area contributed by atoms with Crippen LogP contribution in [-0.4, -0.2) is 29.0 Å². The molecule has 1 unspecified atom stereocenters. The molecule has 0 aromatic carbocycles. The predicted octanol–water partition coefficient (Wildman–Crippen LogP) is 3.06. The lowest BCUT2D eigenvalue weighted by atomic mass is 10.0. The van der Waals surface area contributed by atoms with E-state index in [0.29, 0.717) is 22.9 Å². The fourth-order valence-electron chi connectivity index (χ4n) is 2.09. The lowest BCUT2D eigenvalue weighted by molar-refractivity contribution is 0.156. The highest BCUT2D eigenvalue weighted by Crippen LogP contribution is 2.14. The molecule has 0 saturated carbocycles. The van der Waals surface area contributed by atoms with Crippen molar-refractivity contribution in [3.63, 3.8) is 0 Å². The smallest absolute Gasteiger partial charge is 0.0768 e. The Morgan fingerprint density at radius 2 is 1.62 bits per heavy atom. The van der Waals surface area contributed by atoms with Crippen LogP contribution < -0.4 is 5.73 Å². The zero-order chi connectivity index (χ0) is 12.7. The van der Waals surface area contributed by atoms with E-state index in [4.69, 9.17) is 18.0 Å². The second-order valence-corrected chi connectivity index (χ2v) is 5.59. The van der Waals surface area contributed by atoms with Crippen LogP contribution in [-0.2, 0) is 0 Å². The maximum absolute atomic E-state index is 5.70. The number of thiocarbonyl (C=S) groups is 1. The van der Waals surface area contributed by atoms with Gasteiger partial charge < -0.3 is 5.73 Å². The van der Waals surface area contributed by atoms with Crippen LogP contribution in [0.1, 0.15) is 47.5 Å². The summed E-state index contributed by atoms with van der Waals surface area (Å²) in [7, 11) is 0. The van der Waals surface area contributed by atoms with Gasteiger partial charge in [0.1, 0.15) is 0 Å². The number of nitrogens with zero attached hydrogens (tertiary/aromatic N) is 1. The topological polar surface area (TPSA) is 29.3 Å². The summed E-state index contributed by atoms with van der Waals surface area (Å²) in [6.45, 7) is 13.3. The molecule has 0 aliphatic heterocycles. The minimum Gasteiger partial charge on any atom is -0.393 e. The summed E-state index contributed by atoms with van der Waals surface area (Å²) in [6.07, 6.45) is 2.40. The van der Waals surface area contributed by atoms with Crippen molar-refractivity contribution in [2.45, 2.75) is 53.5 Å². The van der Waals surface area contributed by atoms with Crippen molar-refractivity contribution in [3.05, 3.63) is 0 Å². The fourth-order valence-corrected chi connectivity index (χ4v) is 2.16. The summed E-state index contributed by atoms with van der Waals surface area (Å²) >= 11 is 5.06. The van der Waals surface area contributed by atoms with Crippen molar-refractivity contribution < 1.29 is 0 Å². The standard InChI is InChI=1S/C13H28N2S/c1-6-12(7-2)15(8-10(3)4)9-11(5)13(14)16/h10-12H,6-9H2,1-5H3,(H2,14,16). The minimum absolute atomic E-state index is 0.314. The Morgan fingerprint density at radius 3 is 1.94 bits per heavy atom. The second-order valence-electron chi connectivity index (χ2n) is 5.12. The quantitative estimate of drug-likeness (QED) is 0.665. The number of hydrogen-bond acceptors (Lipinski definition) is 2. The first-order valence-corrected chi connectivity index (χ1v) is 6.86. The van der Waals surface area contributed by atoms with Gasteiger partial charge in [0.2, 0.25) is 0 Å². The molecule has 0 saturated heterocycles. The largest absolute Gasteiger partial charge is 0.393 e. The molecule has 16 heavy (non-hydrogen) atoms. The average Bonchev–Trinajstić information content (AvgIpc) is 2.18. The Hall–Kier alpha value is -0.150. The molecule has 0 spiro atoms. The number of rotatable bonds is 8. The lowest BCUT2D eigenvalue weighted by Gasteiger charge is -2.33. The average molecular weight is 244 g/mol. The van der Waals surface area contributed by atoms with Gasteiger partial charge in [-0.2, -0.15) is 0 Å². The third kappa shape index (κ3) is 5.80. The van der Waals surface area contributed by atoms with Crippen molar-refractivity contribution in [2.75, 3.05) is 13.1 Å². The highest BCUT2D eigenvalue weighted by molar-refractivity contribution is 7.80. The van der Waals surface area contributed by atoms with E-state index in [1.807, 2.05) is 0 Å². The fraction of sp³-hybridized carbons (Fsp3) is 0.923. The summed E-state index contributed by atoms with van der Waals surface area (Å²) in [5.74, 6) is 1.01. The van der Waals surface area contributed by atoms with Gasteiger partial charge >= 0.3 is 0 Å². The van der Waals surface area contributed by atoms with Crippen LogP contribution in [0.2, 0.25) is 0 Å². The van der Waals surface area contributed by atoms with E-state index < -0.39 is 0 Å². The van der Waals surface area contributed by atoms with Crippen molar-refractivity contribution in [1.82, 2.24) is 4.90 Å². The van der Waals surface area contributed by atoms with Gasteiger partial charge in [0.05, 0.1) is 4.99 Å². The van der Waals surface area contributed by atoms with Crippen molar-refractivity contribution in [1.29, 1.82) is 0 Å². The Kier molecular flexibility index (Phi) is 7.94. The summed E-state index contributed by atoms with van der Waals surface area (Å²) in [6, 6.07) is 0.666. The molecule has 0 aromatic rings. The van der Waals surface area contributed by atoms with Gasteiger partial charge in [0, 0.05) is 25.0 Å². The number of hydrogen-bond donors (Lipinski definition) is 1. The molecule has 0 rings (SSSR count). The molecule has 0 heterocycles. The molecule has 0 aliphatic rings. The van der Waals surface area contributed by atoms with Gasteiger partial charge in [-0.15, -0.1) is 0 Å². The summed E-state index contributed by atoms with van der Waals surface area (Å²) in [5.41, 5.74) is 5.70. The van der Waals surface area contributed by atoms with Crippen LogP contribution in [0.15, 0.2) is 0 Å². The maximum atomic E-state index is 5.70. The van der Waals surface area contributed by atoms with Crippen LogP contribution in [0, 0.1) is 11.8 Å². The van der Waals surface area contributed by atoms with E-state index in [9.17, 15) is 0 Å². The van der Waals surface area contributed by atoms with Crippen molar-refractivity contribution in [3.8, 4) is 0 Å². The molecule has 0 amide bonds. The van der Waals surface area contributed by atoms with E-state index >= 15 is 0 Å². The van der Waals surface area contributed by atoms with Crippen LogP contribution in [0.4, 0.5) is 0 Å². The molecule has 0 bridgehead atoms.